The van der Waals surface area contributed by atoms with Crippen LogP contribution in [0.25, 0.3) is 0 Å². The summed E-state index contributed by atoms with van der Waals surface area (Å²) in [7, 11) is -5.83. The van der Waals surface area contributed by atoms with Gasteiger partial charge >= 0.3 is 87.6 Å². The topological polar surface area (TPSA) is 427 Å². The van der Waals surface area contributed by atoms with Gasteiger partial charge in [0.15, 0.2) is 0 Å². The summed E-state index contributed by atoms with van der Waals surface area (Å²) in [5, 5.41) is 50.5. The molecule has 0 fully saturated rings. The molecule has 0 aliphatic carbocycles. The van der Waals surface area contributed by atoms with Gasteiger partial charge in [-0.25, -0.2) is 0 Å². The van der Waals surface area contributed by atoms with Crippen LogP contribution < -0.4 is 30.1 Å². The zero-order chi connectivity index (χ0) is 12.6. The molecule has 0 spiro atoms. The van der Waals surface area contributed by atoms with Crippen molar-refractivity contribution in [2.24, 2.45) is 0 Å². The summed E-state index contributed by atoms with van der Waals surface area (Å²) in [4.78, 5) is 0. The Morgan fingerprint density at radius 3 is 0.455 bits per heavy atom. The minimum absolute atomic E-state index is 0. The van der Waals surface area contributed by atoms with Gasteiger partial charge in [-0.05, 0) is 0 Å². The molecule has 0 aromatic rings. The van der Waals surface area contributed by atoms with Crippen LogP contribution >= 0.6 is 0 Å². The summed E-state index contributed by atoms with van der Waals surface area (Å²) in [5.41, 5.74) is 0. The van der Waals surface area contributed by atoms with Gasteiger partial charge in [-0.1, -0.05) is 0 Å². The van der Waals surface area contributed by atoms with Crippen LogP contribution in [0, 0.1) is 55.6 Å². The van der Waals surface area contributed by atoms with Gasteiger partial charge in [-0.15, -0.1) is 0 Å². The van der Waals surface area contributed by atoms with E-state index in [1.54, 1.807) is 0 Å². The Morgan fingerprint density at radius 2 is 0.455 bits per heavy atom. The van der Waals surface area contributed by atoms with E-state index in [1.807, 2.05) is 0 Å². The van der Waals surface area contributed by atoms with Gasteiger partial charge in [0.2, 0.25) is 0 Å². The maximum atomic E-state index is 8.58. The van der Waals surface area contributed by atoms with Gasteiger partial charge in [-0.3, -0.25) is 14.6 Å². The molecule has 0 unspecified atom stereocenters. The minimum atomic E-state index is -2.92. The molecule has 0 aromatic carbocycles. The third kappa shape index (κ3) is 3290. The van der Waals surface area contributed by atoms with Gasteiger partial charge in [0.1, 0.15) is 0 Å². The van der Waals surface area contributed by atoms with Crippen molar-refractivity contribution in [3.8, 4) is 0 Å². The van der Waals surface area contributed by atoms with Crippen LogP contribution in [-0.4, -0.2) is 76.0 Å². The van der Waals surface area contributed by atoms with Crippen molar-refractivity contribution in [1.82, 2.24) is 0 Å². The molecule has 0 amide bonds. The molecule has 0 saturated heterocycles. The van der Waals surface area contributed by atoms with E-state index >= 15 is 0 Å². The Labute approximate surface area is 169 Å². The zero-order valence-corrected chi connectivity index (χ0v) is 20.2. The van der Waals surface area contributed by atoms with Crippen molar-refractivity contribution < 1.29 is 133 Å². The van der Waals surface area contributed by atoms with Crippen LogP contribution in [0.4, 0.5) is 0 Å². The van der Waals surface area contributed by atoms with Gasteiger partial charge in [0.25, 0.3) is 0 Å². The first-order valence-electron chi connectivity index (χ1n) is 2.23. The molecule has 0 saturated carbocycles. The molecule has 0 rings (SSSR count). The normalized spacial score (nSPS) is 3.18. The first kappa shape index (κ1) is 89.3. The Morgan fingerprint density at radius 1 is 0.455 bits per heavy atom. The first-order valence-corrected chi connectivity index (χ1v) is 9.03. The van der Waals surface area contributed by atoms with Crippen LogP contribution in [0.5, 0.6) is 0 Å². The van der Waals surface area contributed by atoms with Crippen molar-refractivity contribution in [2.75, 3.05) is 0 Å². The van der Waals surface area contributed by atoms with Gasteiger partial charge in [0.05, 0.1) is 0 Å². The van der Waals surface area contributed by atoms with E-state index < -0.39 is 70.3 Å². The molecule has 22 heteroatoms. The first-order chi connectivity index (χ1) is 6.29. The average molecular weight is 808 g/mol. The Kier molecular flexibility index (Phi) is 462. The second-order valence-electron chi connectivity index (χ2n) is 0.744. The second-order valence-corrected chi connectivity index (χ2v) is 2.13. The van der Waals surface area contributed by atoms with E-state index in [1.165, 1.54) is 0 Å². The fraction of sp³-hybridized carbons (Fsp3) is 0. The molecule has 0 radical (unpaired) electrons. The molecular weight excluding hydrogens is 794 g/mol. The molecule has 0 aromatic heterocycles. The van der Waals surface area contributed by atoms with Crippen molar-refractivity contribution in [1.29, 1.82) is 0 Å². The third-order valence-corrected chi connectivity index (χ3v) is 0. The summed E-state index contributed by atoms with van der Waals surface area (Å²) in [6.45, 7) is 0. The van der Waals surface area contributed by atoms with Crippen LogP contribution in [0.3, 0.4) is 0 Å². The standard InChI is InChI=1S/2BO3.Mg.7H2O.4O.2U/c2*2-1(3)4;;;;;;;;;;;;;;/h;;;7*1H2;;;;;;/q2*-3;+2;;;;;;;;;;;;2*+2. The molecule has 0 aliphatic heterocycles. The fourth-order valence-corrected chi connectivity index (χ4v) is 0. The molecule has 0 aliphatic rings. The quantitative estimate of drug-likeness (QED) is 0.208. The molecule has 132 valence electrons. The van der Waals surface area contributed by atoms with Crippen LogP contribution in [0.15, 0.2) is 0 Å². The predicted octanol–water partition coefficient (Wildman–Crippen LogP) is -14.5. The fourth-order valence-electron chi connectivity index (χ4n) is 0. The van der Waals surface area contributed by atoms with Gasteiger partial charge in [0, 0.05) is 0 Å². The Bertz CT molecular complexity index is 127. The third-order valence-electron chi connectivity index (χ3n) is 0. The van der Waals surface area contributed by atoms with E-state index in [9.17, 15) is 0 Å². The number of hydrogen-bond acceptors (Lipinski definition) is 10. The van der Waals surface area contributed by atoms with E-state index in [0.29, 0.717) is 0 Å². The zero-order valence-electron chi connectivity index (χ0n) is 10.4. The number of rotatable bonds is 0. The summed E-state index contributed by atoms with van der Waals surface area (Å²) < 4.78 is 34.3. The van der Waals surface area contributed by atoms with Crippen LogP contribution in [0.1, 0.15) is 0 Å². The maximum absolute atomic E-state index is 8.58. The summed E-state index contributed by atoms with van der Waals surface area (Å²) in [5.74, 6) is 0. The van der Waals surface area contributed by atoms with Crippen molar-refractivity contribution in [2.45, 2.75) is 0 Å². The van der Waals surface area contributed by atoms with Crippen molar-refractivity contribution >= 4 is 37.7 Å². The summed E-state index contributed by atoms with van der Waals surface area (Å²) >= 11 is -5.01. The second kappa shape index (κ2) is 114. The molecule has 0 atom stereocenters. The summed E-state index contributed by atoms with van der Waals surface area (Å²) in [6, 6.07) is 0. The Hall–Kier alpha value is 1.68. The molecule has 17 nitrogen and oxygen atoms in total. The number of hydrogen-bond donors (Lipinski definition) is 0. The van der Waals surface area contributed by atoms with E-state index in [2.05, 4.69) is 0 Å². The van der Waals surface area contributed by atoms with Crippen LogP contribution in [0.2, 0.25) is 0 Å². The predicted molar refractivity (Wildman–Crippen MR) is 45.3 cm³/mol. The van der Waals surface area contributed by atoms with E-state index in [-0.39, 0.29) is 61.4 Å². The average Bonchev–Trinajstić information content (AvgIpc) is 1.85. The monoisotopic (exact) mass is 808 g/mol. The van der Waals surface area contributed by atoms with Crippen molar-refractivity contribution in [3.63, 3.8) is 0 Å². The van der Waals surface area contributed by atoms with E-state index in [0.717, 1.165) is 0 Å². The van der Waals surface area contributed by atoms with Crippen LogP contribution in [-0.2, 0) is 8.94 Å². The molecule has 22 heavy (non-hydrogen) atoms. The molecular formula is H14B2MgO17U2. The Balaban J connectivity index is -0.00000000544. The summed E-state index contributed by atoms with van der Waals surface area (Å²) in [6.07, 6.45) is 0. The molecule has 14 N–H and O–H groups in total. The molecule has 0 heterocycles. The van der Waals surface area contributed by atoms with Crippen molar-refractivity contribution in [3.05, 3.63) is 0 Å². The SMILES string of the molecule is O.O.O.O.O.O.O.[Mg+2].[O-]B([O-])[O-].[O-]B([O-])[O-].[O]=[U+2]=[O].[O]=[U+2]=[O]. The van der Waals surface area contributed by atoms with Gasteiger partial charge in [-0.2, -0.15) is 0 Å². The van der Waals surface area contributed by atoms with E-state index in [4.69, 9.17) is 39.1 Å². The van der Waals surface area contributed by atoms with Gasteiger partial charge < -0.3 is 68.5 Å². The molecule has 0 bridgehead atoms.